The summed E-state index contributed by atoms with van der Waals surface area (Å²) in [4.78, 5) is 12.3. The maximum atomic E-state index is 12.3. The predicted molar refractivity (Wildman–Crippen MR) is 91.4 cm³/mol. The molecule has 0 spiro atoms. The number of hydrogen-bond acceptors (Lipinski definition) is 3. The Kier molecular flexibility index (Phi) is 5.19. The second-order valence-electron chi connectivity index (χ2n) is 5.65. The molecule has 2 N–H and O–H groups in total. The van der Waals surface area contributed by atoms with Gasteiger partial charge in [-0.3, -0.25) is 4.79 Å². The molecule has 0 amide bonds. The molecule has 1 aromatic rings. The number of ether oxygens (including phenoxy) is 1. The molecule has 1 aliphatic rings. The first-order valence-corrected chi connectivity index (χ1v) is 7.87. The second kappa shape index (κ2) is 6.92. The van der Waals surface area contributed by atoms with Crippen molar-refractivity contribution in [3.63, 3.8) is 0 Å². The highest BCUT2D eigenvalue weighted by atomic mass is 32.1. The maximum absolute atomic E-state index is 12.3. The molecule has 0 aromatic heterocycles. The van der Waals surface area contributed by atoms with Crippen molar-refractivity contribution in [2.45, 2.75) is 32.7 Å². The molecule has 1 heterocycles. The Balaban J connectivity index is 2.32. The van der Waals surface area contributed by atoms with Crippen LogP contribution < -0.4 is 10.6 Å². The summed E-state index contributed by atoms with van der Waals surface area (Å²) < 4.78 is 5.18. The Labute approximate surface area is 136 Å². The number of nitrogens with one attached hydrogen (secondary N) is 2. The first-order valence-electron chi connectivity index (χ1n) is 7.46. The summed E-state index contributed by atoms with van der Waals surface area (Å²) in [5.41, 5.74) is 2.82. The average molecular weight is 318 g/mol. The molecule has 1 aromatic carbocycles. The van der Waals surface area contributed by atoms with Gasteiger partial charge in [0.2, 0.25) is 0 Å². The average Bonchev–Trinajstić information content (AvgIpc) is 2.46. The number of carbonyl (C=O) groups excluding carboxylic acids is 1. The van der Waals surface area contributed by atoms with Gasteiger partial charge in [0.1, 0.15) is 5.92 Å². The van der Waals surface area contributed by atoms with Crippen molar-refractivity contribution in [3.8, 4) is 0 Å². The number of carbonyl (C=O) groups is 1. The summed E-state index contributed by atoms with van der Waals surface area (Å²) in [6, 6.07) is 7.96. The summed E-state index contributed by atoms with van der Waals surface area (Å²) in [5, 5.41) is 6.56. The molecule has 22 heavy (non-hydrogen) atoms. The van der Waals surface area contributed by atoms with Crippen LogP contribution in [-0.2, 0) is 9.53 Å². The fourth-order valence-corrected chi connectivity index (χ4v) is 2.82. The fraction of sp³-hybridized carbons (Fsp3) is 0.412. The van der Waals surface area contributed by atoms with Gasteiger partial charge in [0.15, 0.2) is 5.11 Å². The summed E-state index contributed by atoms with van der Waals surface area (Å²) in [6.45, 7) is 10.4. The number of esters is 1. The highest BCUT2D eigenvalue weighted by Crippen LogP contribution is 2.31. The van der Waals surface area contributed by atoms with Gasteiger partial charge in [-0.25, -0.2) is 0 Å². The normalized spacial score (nSPS) is 21.3. The van der Waals surface area contributed by atoms with Gasteiger partial charge >= 0.3 is 5.97 Å². The van der Waals surface area contributed by atoms with E-state index in [1.165, 1.54) is 5.56 Å². The molecule has 2 unspecified atom stereocenters. The van der Waals surface area contributed by atoms with Crippen LogP contribution in [0.5, 0.6) is 0 Å². The third kappa shape index (κ3) is 3.47. The van der Waals surface area contributed by atoms with Crippen LogP contribution in [0.2, 0.25) is 0 Å². The van der Waals surface area contributed by atoms with Gasteiger partial charge in [-0.15, -0.1) is 0 Å². The van der Waals surface area contributed by atoms with E-state index in [2.05, 4.69) is 43.2 Å². The van der Waals surface area contributed by atoms with Gasteiger partial charge in [0, 0.05) is 5.70 Å². The molecular weight excluding hydrogens is 296 g/mol. The van der Waals surface area contributed by atoms with Crippen molar-refractivity contribution >= 4 is 23.3 Å². The first kappa shape index (κ1) is 16.5. The predicted octanol–water partition coefficient (Wildman–Crippen LogP) is 3.02. The van der Waals surface area contributed by atoms with E-state index >= 15 is 0 Å². The Morgan fingerprint density at radius 3 is 2.55 bits per heavy atom. The fourth-order valence-electron chi connectivity index (χ4n) is 2.56. The zero-order valence-corrected chi connectivity index (χ0v) is 14.0. The van der Waals surface area contributed by atoms with Crippen LogP contribution in [0.25, 0.3) is 0 Å². The van der Waals surface area contributed by atoms with E-state index in [9.17, 15) is 4.79 Å². The maximum Gasteiger partial charge on any atom is 0.317 e. The summed E-state index contributed by atoms with van der Waals surface area (Å²) >= 11 is 5.20. The van der Waals surface area contributed by atoms with Crippen molar-refractivity contribution in [2.75, 3.05) is 6.61 Å². The molecule has 0 saturated carbocycles. The van der Waals surface area contributed by atoms with Crippen molar-refractivity contribution < 1.29 is 9.53 Å². The van der Waals surface area contributed by atoms with Gasteiger partial charge in [-0.05, 0) is 36.2 Å². The van der Waals surface area contributed by atoms with E-state index < -0.39 is 5.92 Å². The standard InChI is InChI=1S/C17H22N2O2S/c1-5-21-16(20)14-11(4)18-17(22)19-15(14)13-8-6-12(7-9-13)10(2)3/h6-10,14-15H,4-5H2,1-3H3,(H2,18,19,22). The summed E-state index contributed by atoms with van der Waals surface area (Å²) in [5.74, 6) is -0.337. The van der Waals surface area contributed by atoms with Gasteiger partial charge in [0.05, 0.1) is 12.6 Å². The molecular formula is C17H22N2O2S. The number of thiocarbonyl (C=S) groups is 1. The van der Waals surface area contributed by atoms with Gasteiger partial charge < -0.3 is 15.4 Å². The van der Waals surface area contributed by atoms with Crippen LogP contribution in [0.4, 0.5) is 0 Å². The summed E-state index contributed by atoms with van der Waals surface area (Å²) in [6.07, 6.45) is 0. The van der Waals surface area contributed by atoms with Crippen molar-refractivity contribution in [3.05, 3.63) is 47.7 Å². The van der Waals surface area contributed by atoms with Gasteiger partial charge in [0.25, 0.3) is 0 Å². The molecule has 2 rings (SSSR count). The second-order valence-corrected chi connectivity index (χ2v) is 6.06. The van der Waals surface area contributed by atoms with E-state index in [0.717, 1.165) is 5.56 Å². The van der Waals surface area contributed by atoms with E-state index in [1.54, 1.807) is 6.92 Å². The van der Waals surface area contributed by atoms with Crippen molar-refractivity contribution in [1.82, 2.24) is 10.6 Å². The Bertz CT molecular complexity index is 581. The molecule has 1 aliphatic heterocycles. The largest absolute Gasteiger partial charge is 0.465 e. The van der Waals surface area contributed by atoms with E-state index in [-0.39, 0.29) is 12.0 Å². The lowest BCUT2D eigenvalue weighted by Gasteiger charge is -2.34. The molecule has 0 bridgehead atoms. The quantitative estimate of drug-likeness (QED) is 0.660. The molecule has 1 saturated heterocycles. The number of benzene rings is 1. The molecule has 1 fully saturated rings. The van der Waals surface area contributed by atoms with E-state index in [0.29, 0.717) is 23.3 Å². The van der Waals surface area contributed by atoms with Crippen molar-refractivity contribution in [1.29, 1.82) is 0 Å². The monoisotopic (exact) mass is 318 g/mol. The van der Waals surface area contributed by atoms with Crippen LogP contribution in [-0.4, -0.2) is 17.7 Å². The lowest BCUT2D eigenvalue weighted by molar-refractivity contribution is -0.147. The van der Waals surface area contributed by atoms with Gasteiger partial charge in [-0.1, -0.05) is 44.7 Å². The Morgan fingerprint density at radius 1 is 1.36 bits per heavy atom. The van der Waals surface area contributed by atoms with E-state index in [1.807, 2.05) is 12.1 Å². The van der Waals surface area contributed by atoms with Gasteiger partial charge in [-0.2, -0.15) is 0 Å². The highest BCUT2D eigenvalue weighted by Gasteiger charge is 2.37. The zero-order valence-electron chi connectivity index (χ0n) is 13.2. The topological polar surface area (TPSA) is 50.4 Å². The lowest BCUT2D eigenvalue weighted by Crippen LogP contribution is -2.51. The van der Waals surface area contributed by atoms with E-state index in [4.69, 9.17) is 17.0 Å². The van der Waals surface area contributed by atoms with Crippen LogP contribution in [0.1, 0.15) is 43.9 Å². The number of hydrogen-bond donors (Lipinski definition) is 2. The highest BCUT2D eigenvalue weighted by molar-refractivity contribution is 7.80. The Hall–Kier alpha value is -1.88. The van der Waals surface area contributed by atoms with Crippen LogP contribution in [0, 0.1) is 5.92 Å². The minimum Gasteiger partial charge on any atom is -0.465 e. The SMILES string of the molecule is C=C1NC(=S)NC(c2ccc(C(C)C)cc2)C1C(=O)OCC. The molecule has 2 atom stereocenters. The number of rotatable bonds is 4. The molecule has 4 nitrogen and oxygen atoms in total. The first-order chi connectivity index (χ1) is 10.4. The molecule has 0 aliphatic carbocycles. The molecule has 118 valence electrons. The lowest BCUT2D eigenvalue weighted by atomic mass is 9.88. The minimum atomic E-state index is -0.503. The Morgan fingerprint density at radius 2 is 2.00 bits per heavy atom. The molecule has 0 radical (unpaired) electrons. The van der Waals surface area contributed by atoms with Crippen LogP contribution in [0.15, 0.2) is 36.5 Å². The van der Waals surface area contributed by atoms with Crippen LogP contribution in [0.3, 0.4) is 0 Å². The third-order valence-electron chi connectivity index (χ3n) is 3.77. The van der Waals surface area contributed by atoms with Crippen molar-refractivity contribution in [2.24, 2.45) is 5.92 Å². The van der Waals surface area contributed by atoms with Crippen LogP contribution >= 0.6 is 12.2 Å². The third-order valence-corrected chi connectivity index (χ3v) is 3.99. The minimum absolute atomic E-state index is 0.262. The zero-order chi connectivity index (χ0) is 16.3. The summed E-state index contributed by atoms with van der Waals surface area (Å²) in [7, 11) is 0. The molecule has 5 heteroatoms. The smallest absolute Gasteiger partial charge is 0.317 e.